The third kappa shape index (κ3) is 4.25. The number of hydrogen-bond donors (Lipinski definition) is 1. The van der Waals surface area contributed by atoms with Crippen LogP contribution in [0.4, 0.5) is 0 Å². The van der Waals surface area contributed by atoms with E-state index in [1.165, 1.54) is 49.0 Å². The van der Waals surface area contributed by atoms with E-state index in [1.54, 1.807) is 0 Å². The Morgan fingerprint density at radius 2 is 1.89 bits per heavy atom. The van der Waals surface area contributed by atoms with Gasteiger partial charge in [0.1, 0.15) is 0 Å². The van der Waals surface area contributed by atoms with Gasteiger partial charge in [0.2, 0.25) is 0 Å². The van der Waals surface area contributed by atoms with Crippen molar-refractivity contribution in [1.82, 2.24) is 0 Å². The summed E-state index contributed by atoms with van der Waals surface area (Å²) in [5.41, 5.74) is 1.37. The molecule has 0 amide bonds. The number of unbranched alkanes of at least 4 members (excludes halogenated alkanes) is 5. The molecule has 1 aromatic carbocycles. The maximum atomic E-state index is 10.4. The number of fused-ring (bicyclic) bond motifs is 1. The number of aliphatic hydroxyl groups excluding tert-OH is 1. The van der Waals surface area contributed by atoms with E-state index < -0.39 is 0 Å². The zero-order valence-electron chi connectivity index (χ0n) is 12.0. The van der Waals surface area contributed by atoms with Crippen LogP contribution in [-0.4, -0.2) is 17.0 Å². The van der Waals surface area contributed by atoms with Crippen LogP contribution in [-0.2, 0) is 0 Å². The van der Waals surface area contributed by atoms with E-state index in [1.807, 2.05) is 11.8 Å². The van der Waals surface area contributed by atoms with Gasteiger partial charge in [-0.15, -0.1) is 11.8 Å². The Morgan fingerprint density at radius 3 is 2.74 bits per heavy atom. The van der Waals surface area contributed by atoms with Gasteiger partial charge in [0.25, 0.3) is 0 Å². The summed E-state index contributed by atoms with van der Waals surface area (Å²) >= 11 is 1.89. The molecule has 1 heterocycles. The van der Waals surface area contributed by atoms with Gasteiger partial charge in [-0.1, -0.05) is 63.6 Å². The van der Waals surface area contributed by atoms with Crippen LogP contribution < -0.4 is 0 Å². The topological polar surface area (TPSA) is 20.2 Å². The average molecular weight is 278 g/mol. The number of thioether (sulfide) groups is 1. The van der Waals surface area contributed by atoms with E-state index in [4.69, 9.17) is 0 Å². The largest absolute Gasteiger partial charge is 0.392 e. The summed E-state index contributed by atoms with van der Waals surface area (Å²) in [6.45, 7) is 2.25. The van der Waals surface area contributed by atoms with E-state index in [0.29, 0.717) is 5.92 Å². The summed E-state index contributed by atoms with van der Waals surface area (Å²) < 4.78 is 0. The summed E-state index contributed by atoms with van der Waals surface area (Å²) in [4.78, 5) is 1.37. The summed E-state index contributed by atoms with van der Waals surface area (Å²) in [5, 5.41) is 10.4. The number of aliphatic hydroxyl groups is 1. The first-order valence-electron chi connectivity index (χ1n) is 7.72. The quantitative estimate of drug-likeness (QED) is 0.676. The molecule has 0 saturated heterocycles. The van der Waals surface area contributed by atoms with Gasteiger partial charge < -0.3 is 5.11 Å². The van der Waals surface area contributed by atoms with Gasteiger partial charge in [-0.2, -0.15) is 0 Å². The van der Waals surface area contributed by atoms with E-state index in [2.05, 4.69) is 31.2 Å². The van der Waals surface area contributed by atoms with E-state index >= 15 is 0 Å². The first-order chi connectivity index (χ1) is 9.33. The number of hydrogen-bond acceptors (Lipinski definition) is 2. The van der Waals surface area contributed by atoms with E-state index in [9.17, 15) is 5.11 Å². The molecule has 2 unspecified atom stereocenters. The molecule has 1 nitrogen and oxygen atoms in total. The predicted molar refractivity (Wildman–Crippen MR) is 83.9 cm³/mol. The predicted octanol–water partition coefficient (Wildman–Crippen LogP) is 4.99. The molecule has 0 bridgehead atoms. The highest BCUT2D eigenvalue weighted by atomic mass is 32.2. The molecule has 0 aliphatic carbocycles. The van der Waals surface area contributed by atoms with Gasteiger partial charge in [-0.25, -0.2) is 0 Å². The molecule has 19 heavy (non-hydrogen) atoms. The van der Waals surface area contributed by atoms with Crippen molar-refractivity contribution in [3.8, 4) is 0 Å². The Kier molecular flexibility index (Phi) is 6.25. The molecule has 0 spiro atoms. The van der Waals surface area contributed by atoms with Gasteiger partial charge in [0.05, 0.1) is 6.10 Å². The van der Waals surface area contributed by atoms with Gasteiger partial charge in [0.15, 0.2) is 0 Å². The maximum absolute atomic E-state index is 10.4. The molecule has 1 aromatic rings. The third-order valence-corrected chi connectivity index (χ3v) is 5.26. The highest BCUT2D eigenvalue weighted by molar-refractivity contribution is 7.99. The fourth-order valence-corrected chi connectivity index (χ4v) is 4.16. The van der Waals surface area contributed by atoms with Crippen molar-refractivity contribution in [3.63, 3.8) is 0 Å². The first-order valence-corrected chi connectivity index (χ1v) is 8.71. The molecule has 1 aliphatic rings. The molecule has 0 aromatic heterocycles. The Morgan fingerprint density at radius 1 is 1.16 bits per heavy atom. The Balaban J connectivity index is 1.71. The van der Waals surface area contributed by atoms with Crippen LogP contribution in [0.3, 0.4) is 0 Å². The molecule has 0 fully saturated rings. The number of rotatable bonds is 8. The first kappa shape index (κ1) is 14.9. The van der Waals surface area contributed by atoms with E-state index in [-0.39, 0.29) is 6.10 Å². The SMILES string of the molecule is CCCCCCCCC(O)C1CSc2ccccc21. The van der Waals surface area contributed by atoms with Crippen molar-refractivity contribution >= 4 is 11.8 Å². The maximum Gasteiger partial charge on any atom is 0.0617 e. The van der Waals surface area contributed by atoms with Gasteiger partial charge in [0, 0.05) is 16.6 Å². The van der Waals surface area contributed by atoms with Crippen molar-refractivity contribution in [1.29, 1.82) is 0 Å². The van der Waals surface area contributed by atoms with Crippen LogP contribution in [0.25, 0.3) is 0 Å². The van der Waals surface area contributed by atoms with Crippen molar-refractivity contribution in [2.24, 2.45) is 0 Å². The lowest BCUT2D eigenvalue weighted by atomic mass is 9.92. The zero-order chi connectivity index (χ0) is 13.5. The molecule has 1 N–H and O–H groups in total. The molecule has 106 valence electrons. The smallest absolute Gasteiger partial charge is 0.0617 e. The average Bonchev–Trinajstić information content (AvgIpc) is 2.86. The minimum absolute atomic E-state index is 0.151. The minimum atomic E-state index is -0.151. The molecule has 2 heteroatoms. The van der Waals surface area contributed by atoms with Crippen molar-refractivity contribution in [2.45, 2.75) is 68.8 Å². The lowest BCUT2D eigenvalue weighted by molar-refractivity contribution is 0.138. The molecule has 1 aliphatic heterocycles. The second-order valence-corrected chi connectivity index (χ2v) is 6.64. The fraction of sp³-hybridized carbons (Fsp3) is 0.647. The van der Waals surface area contributed by atoms with Crippen LogP contribution >= 0.6 is 11.8 Å². The molecular weight excluding hydrogens is 252 g/mol. The highest BCUT2D eigenvalue weighted by Gasteiger charge is 2.28. The van der Waals surface area contributed by atoms with Crippen molar-refractivity contribution < 1.29 is 5.11 Å². The Labute approximate surface area is 121 Å². The lowest BCUT2D eigenvalue weighted by Gasteiger charge is -2.18. The highest BCUT2D eigenvalue weighted by Crippen LogP contribution is 2.41. The summed E-state index contributed by atoms with van der Waals surface area (Å²) in [6.07, 6.45) is 8.61. The lowest BCUT2D eigenvalue weighted by Crippen LogP contribution is -2.18. The molecular formula is C17H26OS. The summed E-state index contributed by atoms with van der Waals surface area (Å²) in [5.74, 6) is 1.41. The van der Waals surface area contributed by atoms with E-state index in [0.717, 1.165) is 12.2 Å². The standard InChI is InChI=1S/C17H26OS/c1-2-3-4-5-6-7-11-16(18)15-13-19-17-12-9-8-10-14(15)17/h8-10,12,15-16,18H,2-7,11,13H2,1H3. The molecule has 2 atom stereocenters. The Bertz CT molecular complexity index is 377. The summed E-state index contributed by atoms with van der Waals surface area (Å²) in [6, 6.07) is 8.55. The van der Waals surface area contributed by atoms with Crippen molar-refractivity contribution in [2.75, 3.05) is 5.75 Å². The second-order valence-electron chi connectivity index (χ2n) is 5.58. The minimum Gasteiger partial charge on any atom is -0.392 e. The third-order valence-electron chi connectivity index (χ3n) is 4.05. The van der Waals surface area contributed by atoms with Crippen LogP contribution in [0.1, 0.15) is 63.4 Å². The normalized spacial score (nSPS) is 19.4. The molecule has 0 radical (unpaired) electrons. The van der Waals surface area contributed by atoms with Crippen LogP contribution in [0.5, 0.6) is 0 Å². The van der Waals surface area contributed by atoms with Crippen molar-refractivity contribution in [3.05, 3.63) is 29.8 Å². The molecule has 0 saturated carbocycles. The van der Waals surface area contributed by atoms with Gasteiger partial charge in [-0.05, 0) is 18.1 Å². The molecule has 2 rings (SSSR count). The number of benzene rings is 1. The van der Waals surface area contributed by atoms with Crippen LogP contribution in [0, 0.1) is 0 Å². The Hall–Kier alpha value is -0.470. The van der Waals surface area contributed by atoms with Crippen LogP contribution in [0.15, 0.2) is 29.2 Å². The monoisotopic (exact) mass is 278 g/mol. The summed E-state index contributed by atoms with van der Waals surface area (Å²) in [7, 11) is 0. The second kappa shape index (κ2) is 7.96. The zero-order valence-corrected chi connectivity index (χ0v) is 12.8. The van der Waals surface area contributed by atoms with Crippen LogP contribution in [0.2, 0.25) is 0 Å². The van der Waals surface area contributed by atoms with Gasteiger partial charge in [-0.3, -0.25) is 0 Å². The van der Waals surface area contributed by atoms with Gasteiger partial charge >= 0.3 is 0 Å². The fourth-order valence-electron chi connectivity index (χ4n) is 2.84.